The Kier molecular flexibility index (Phi) is 5.99. The van der Waals surface area contributed by atoms with Crippen molar-refractivity contribution in [3.63, 3.8) is 0 Å². The van der Waals surface area contributed by atoms with Gasteiger partial charge in [0.1, 0.15) is 0 Å². The zero-order valence-corrected chi connectivity index (χ0v) is 15.0. The zero-order chi connectivity index (χ0) is 17.7. The third kappa shape index (κ3) is 4.56. The van der Waals surface area contributed by atoms with E-state index in [1.807, 2.05) is 13.8 Å². The maximum atomic E-state index is 12.4. The van der Waals surface area contributed by atoms with E-state index in [4.69, 9.17) is 11.6 Å². The maximum Gasteiger partial charge on any atom is 0.255 e. The second kappa shape index (κ2) is 7.79. The Morgan fingerprint density at radius 3 is 2.58 bits per heavy atom. The van der Waals surface area contributed by atoms with Gasteiger partial charge in [-0.25, -0.2) is 13.1 Å². The van der Waals surface area contributed by atoms with Crippen LogP contribution in [0.3, 0.4) is 0 Å². The standard InChI is InChI=1S/C17H19ClN2O3S/c1-3-9-19-24(22,23)15-6-4-5-13(11-15)17(21)20-16-8-7-14(18)10-12(16)2/h4-8,10-11,19H,3,9H2,1-2H3,(H,20,21). The minimum absolute atomic E-state index is 0.0661. The largest absolute Gasteiger partial charge is 0.322 e. The first-order valence-electron chi connectivity index (χ1n) is 7.50. The predicted octanol–water partition coefficient (Wildman–Crippen LogP) is 3.59. The first-order chi connectivity index (χ1) is 11.3. The fourth-order valence-corrected chi connectivity index (χ4v) is 3.49. The second-order valence-electron chi connectivity index (χ2n) is 5.34. The van der Waals surface area contributed by atoms with Crippen molar-refractivity contribution in [2.24, 2.45) is 0 Å². The number of amides is 1. The Morgan fingerprint density at radius 1 is 1.17 bits per heavy atom. The third-order valence-corrected chi connectivity index (χ3v) is 5.08. The number of rotatable bonds is 6. The van der Waals surface area contributed by atoms with Crippen LogP contribution in [0.15, 0.2) is 47.4 Å². The Balaban J connectivity index is 2.23. The molecule has 2 N–H and O–H groups in total. The van der Waals surface area contributed by atoms with E-state index in [1.54, 1.807) is 30.3 Å². The molecule has 0 radical (unpaired) electrons. The van der Waals surface area contributed by atoms with E-state index in [9.17, 15) is 13.2 Å². The number of hydrogen-bond donors (Lipinski definition) is 2. The van der Waals surface area contributed by atoms with Gasteiger partial charge in [-0.1, -0.05) is 24.6 Å². The van der Waals surface area contributed by atoms with Gasteiger partial charge in [0.2, 0.25) is 10.0 Å². The van der Waals surface area contributed by atoms with Crippen LogP contribution < -0.4 is 10.0 Å². The number of aryl methyl sites for hydroxylation is 1. The van der Waals surface area contributed by atoms with E-state index in [-0.39, 0.29) is 16.4 Å². The van der Waals surface area contributed by atoms with Crippen molar-refractivity contribution >= 4 is 33.2 Å². The van der Waals surface area contributed by atoms with Gasteiger partial charge in [0.25, 0.3) is 5.91 Å². The van der Waals surface area contributed by atoms with E-state index in [0.717, 1.165) is 5.56 Å². The molecule has 128 valence electrons. The van der Waals surface area contributed by atoms with Gasteiger partial charge in [0, 0.05) is 22.8 Å². The van der Waals surface area contributed by atoms with Crippen molar-refractivity contribution < 1.29 is 13.2 Å². The summed E-state index contributed by atoms with van der Waals surface area (Å²) < 4.78 is 26.8. The van der Waals surface area contributed by atoms with Crippen LogP contribution in [-0.2, 0) is 10.0 Å². The van der Waals surface area contributed by atoms with Crippen LogP contribution in [0.5, 0.6) is 0 Å². The Labute approximate surface area is 147 Å². The Bertz CT molecular complexity index is 851. The number of nitrogens with one attached hydrogen (secondary N) is 2. The van der Waals surface area contributed by atoms with Crippen molar-refractivity contribution in [3.05, 3.63) is 58.6 Å². The zero-order valence-electron chi connectivity index (χ0n) is 13.5. The molecule has 0 heterocycles. The highest BCUT2D eigenvalue weighted by atomic mass is 35.5. The van der Waals surface area contributed by atoms with Crippen molar-refractivity contribution in [2.75, 3.05) is 11.9 Å². The summed E-state index contributed by atoms with van der Waals surface area (Å²) in [6, 6.07) is 11.1. The molecule has 1 amide bonds. The van der Waals surface area contributed by atoms with Crippen LogP contribution in [-0.4, -0.2) is 20.9 Å². The van der Waals surface area contributed by atoms with Gasteiger partial charge >= 0.3 is 0 Å². The lowest BCUT2D eigenvalue weighted by molar-refractivity contribution is 0.102. The second-order valence-corrected chi connectivity index (χ2v) is 7.54. The van der Waals surface area contributed by atoms with Gasteiger partial charge in [0.05, 0.1) is 4.90 Å². The van der Waals surface area contributed by atoms with E-state index in [1.165, 1.54) is 12.1 Å². The molecule has 2 rings (SSSR count). The molecule has 0 aliphatic rings. The number of carbonyl (C=O) groups excluding carboxylic acids is 1. The minimum atomic E-state index is -3.61. The van der Waals surface area contributed by atoms with Gasteiger partial charge < -0.3 is 5.32 Å². The van der Waals surface area contributed by atoms with Crippen molar-refractivity contribution in [3.8, 4) is 0 Å². The fraction of sp³-hybridized carbons (Fsp3) is 0.235. The lowest BCUT2D eigenvalue weighted by atomic mass is 10.1. The van der Waals surface area contributed by atoms with Crippen molar-refractivity contribution in [1.29, 1.82) is 0 Å². The summed E-state index contributed by atoms with van der Waals surface area (Å²) in [7, 11) is -3.61. The molecule has 0 fully saturated rings. The lowest BCUT2D eigenvalue weighted by Crippen LogP contribution is -2.24. The number of carbonyl (C=O) groups is 1. The topological polar surface area (TPSA) is 75.3 Å². The molecule has 0 bridgehead atoms. The van der Waals surface area contributed by atoms with E-state index < -0.39 is 10.0 Å². The van der Waals surface area contributed by atoms with Crippen molar-refractivity contribution in [2.45, 2.75) is 25.2 Å². The summed E-state index contributed by atoms with van der Waals surface area (Å²) >= 11 is 5.90. The highest BCUT2D eigenvalue weighted by Gasteiger charge is 2.16. The number of hydrogen-bond acceptors (Lipinski definition) is 3. The van der Waals surface area contributed by atoms with Gasteiger partial charge in [-0.3, -0.25) is 4.79 Å². The predicted molar refractivity (Wildman–Crippen MR) is 96.1 cm³/mol. The molecule has 0 spiro atoms. The molecular weight excluding hydrogens is 348 g/mol. The molecule has 0 saturated carbocycles. The van der Waals surface area contributed by atoms with E-state index >= 15 is 0 Å². The first kappa shape index (κ1) is 18.4. The SMILES string of the molecule is CCCNS(=O)(=O)c1cccc(C(=O)Nc2ccc(Cl)cc2C)c1. The normalized spacial score (nSPS) is 11.3. The number of sulfonamides is 1. The molecule has 0 atom stereocenters. The van der Waals surface area contributed by atoms with E-state index in [2.05, 4.69) is 10.0 Å². The molecule has 0 saturated heterocycles. The number of halogens is 1. The van der Waals surface area contributed by atoms with Crippen LogP contribution in [0.2, 0.25) is 5.02 Å². The molecule has 2 aromatic rings. The molecule has 2 aromatic carbocycles. The number of anilines is 1. The summed E-state index contributed by atoms with van der Waals surface area (Å²) in [5.74, 6) is -0.382. The highest BCUT2D eigenvalue weighted by Crippen LogP contribution is 2.21. The average Bonchev–Trinajstić information content (AvgIpc) is 2.55. The molecule has 24 heavy (non-hydrogen) atoms. The molecule has 7 heteroatoms. The molecule has 0 aliphatic heterocycles. The molecule has 0 aromatic heterocycles. The average molecular weight is 367 g/mol. The minimum Gasteiger partial charge on any atom is -0.322 e. The van der Waals surface area contributed by atoms with Gasteiger partial charge in [-0.05, 0) is 55.3 Å². The summed E-state index contributed by atoms with van der Waals surface area (Å²) in [4.78, 5) is 12.5. The van der Waals surface area contributed by atoms with E-state index in [0.29, 0.717) is 23.7 Å². The van der Waals surface area contributed by atoms with Crippen LogP contribution in [0.4, 0.5) is 5.69 Å². The van der Waals surface area contributed by atoms with Crippen LogP contribution in [0.25, 0.3) is 0 Å². The van der Waals surface area contributed by atoms with Crippen LogP contribution in [0.1, 0.15) is 29.3 Å². The molecule has 5 nitrogen and oxygen atoms in total. The van der Waals surface area contributed by atoms with Gasteiger partial charge in [-0.15, -0.1) is 0 Å². The summed E-state index contributed by atoms with van der Waals surface area (Å²) in [6.07, 6.45) is 0.690. The van der Waals surface area contributed by atoms with Crippen LogP contribution in [0, 0.1) is 6.92 Å². The summed E-state index contributed by atoms with van der Waals surface area (Å²) in [5.41, 5.74) is 1.72. The smallest absolute Gasteiger partial charge is 0.255 e. The van der Waals surface area contributed by atoms with Gasteiger partial charge in [-0.2, -0.15) is 0 Å². The molecule has 0 aliphatic carbocycles. The fourth-order valence-electron chi connectivity index (χ4n) is 2.09. The summed E-state index contributed by atoms with van der Waals surface area (Å²) in [6.45, 7) is 4.06. The monoisotopic (exact) mass is 366 g/mol. The molecular formula is C17H19ClN2O3S. The highest BCUT2D eigenvalue weighted by molar-refractivity contribution is 7.89. The lowest BCUT2D eigenvalue weighted by Gasteiger charge is -2.10. The maximum absolute atomic E-state index is 12.4. The van der Waals surface area contributed by atoms with Crippen molar-refractivity contribution in [1.82, 2.24) is 4.72 Å². The first-order valence-corrected chi connectivity index (χ1v) is 9.37. The van der Waals surface area contributed by atoms with Crippen LogP contribution >= 0.6 is 11.6 Å². The molecule has 0 unspecified atom stereocenters. The van der Waals surface area contributed by atoms with Gasteiger partial charge in [0.15, 0.2) is 0 Å². The Hall–Kier alpha value is -1.89. The third-order valence-electron chi connectivity index (χ3n) is 3.39. The number of benzene rings is 2. The Morgan fingerprint density at radius 2 is 1.92 bits per heavy atom. The summed E-state index contributed by atoms with van der Waals surface area (Å²) in [5, 5.41) is 3.35. The quantitative estimate of drug-likeness (QED) is 0.820.